The normalized spacial score (nSPS) is 28.9. The van der Waals surface area contributed by atoms with Crippen LogP contribution >= 0.6 is 0 Å². The van der Waals surface area contributed by atoms with Crippen molar-refractivity contribution in [3.63, 3.8) is 0 Å². The fourth-order valence-corrected chi connectivity index (χ4v) is 2.75. The Morgan fingerprint density at radius 3 is 2.25 bits per heavy atom. The van der Waals surface area contributed by atoms with Gasteiger partial charge in [-0.2, -0.15) is 0 Å². The SMILES string of the molecule is CC(C)C(C(=O)O)N1CC(C)C(N(C)C)C1. The lowest BCUT2D eigenvalue weighted by atomic mass is 10.0. The van der Waals surface area contributed by atoms with Crippen molar-refractivity contribution in [3.05, 3.63) is 0 Å². The van der Waals surface area contributed by atoms with Gasteiger partial charge in [0.15, 0.2) is 0 Å². The Morgan fingerprint density at radius 1 is 1.38 bits per heavy atom. The molecule has 0 spiro atoms. The maximum Gasteiger partial charge on any atom is 0.321 e. The number of carbonyl (C=O) groups is 1. The summed E-state index contributed by atoms with van der Waals surface area (Å²) in [5.74, 6) is 0.00261. The molecule has 1 aliphatic heterocycles. The molecule has 0 aromatic heterocycles. The third-order valence-electron chi connectivity index (χ3n) is 3.54. The van der Waals surface area contributed by atoms with Gasteiger partial charge in [-0.1, -0.05) is 20.8 Å². The summed E-state index contributed by atoms with van der Waals surface area (Å²) < 4.78 is 0. The molecular formula is C12H24N2O2. The molecule has 0 aromatic carbocycles. The van der Waals surface area contributed by atoms with E-state index in [-0.39, 0.29) is 12.0 Å². The summed E-state index contributed by atoms with van der Waals surface area (Å²) in [6.45, 7) is 7.91. The van der Waals surface area contributed by atoms with Crippen LogP contribution in [0.25, 0.3) is 0 Å². The van der Waals surface area contributed by atoms with Gasteiger partial charge in [0.1, 0.15) is 6.04 Å². The van der Waals surface area contributed by atoms with E-state index in [0.29, 0.717) is 12.0 Å². The maximum absolute atomic E-state index is 11.3. The van der Waals surface area contributed by atoms with E-state index in [1.165, 1.54) is 0 Å². The van der Waals surface area contributed by atoms with E-state index in [1.807, 2.05) is 13.8 Å². The van der Waals surface area contributed by atoms with E-state index in [1.54, 1.807) is 0 Å². The highest BCUT2D eigenvalue weighted by molar-refractivity contribution is 5.73. The zero-order chi connectivity index (χ0) is 12.5. The van der Waals surface area contributed by atoms with E-state index < -0.39 is 5.97 Å². The molecule has 94 valence electrons. The average molecular weight is 228 g/mol. The van der Waals surface area contributed by atoms with Crippen molar-refractivity contribution in [2.45, 2.75) is 32.9 Å². The standard InChI is InChI=1S/C12H24N2O2/c1-8(2)11(12(15)16)14-6-9(3)10(7-14)13(4)5/h8-11H,6-7H2,1-5H3,(H,15,16). The number of likely N-dealkylation sites (N-methyl/N-ethyl adjacent to an activating group) is 1. The highest BCUT2D eigenvalue weighted by Gasteiger charge is 2.38. The summed E-state index contributed by atoms with van der Waals surface area (Å²) in [6.07, 6.45) is 0. The molecule has 1 N–H and O–H groups in total. The van der Waals surface area contributed by atoms with Crippen LogP contribution in [0.15, 0.2) is 0 Å². The Balaban J connectivity index is 2.72. The predicted molar refractivity (Wildman–Crippen MR) is 64.5 cm³/mol. The summed E-state index contributed by atoms with van der Waals surface area (Å²) in [5, 5.41) is 9.26. The van der Waals surface area contributed by atoms with Crippen molar-refractivity contribution in [2.75, 3.05) is 27.2 Å². The third-order valence-corrected chi connectivity index (χ3v) is 3.54. The molecule has 0 aliphatic carbocycles. The minimum Gasteiger partial charge on any atom is -0.480 e. The predicted octanol–water partition coefficient (Wildman–Crippen LogP) is 0.977. The van der Waals surface area contributed by atoms with Gasteiger partial charge in [-0.05, 0) is 25.9 Å². The van der Waals surface area contributed by atoms with Crippen molar-refractivity contribution in [3.8, 4) is 0 Å². The molecule has 3 atom stereocenters. The number of carboxylic acids is 1. The van der Waals surface area contributed by atoms with Gasteiger partial charge in [0.2, 0.25) is 0 Å². The van der Waals surface area contributed by atoms with Gasteiger partial charge in [0.25, 0.3) is 0 Å². The lowest BCUT2D eigenvalue weighted by Crippen LogP contribution is -2.44. The van der Waals surface area contributed by atoms with Crippen LogP contribution in [-0.2, 0) is 4.79 Å². The molecule has 1 saturated heterocycles. The van der Waals surface area contributed by atoms with E-state index >= 15 is 0 Å². The van der Waals surface area contributed by atoms with E-state index in [9.17, 15) is 9.90 Å². The third kappa shape index (κ3) is 2.74. The summed E-state index contributed by atoms with van der Waals surface area (Å²) in [5.41, 5.74) is 0. The maximum atomic E-state index is 11.3. The zero-order valence-electron chi connectivity index (χ0n) is 11.0. The summed E-state index contributed by atoms with van der Waals surface area (Å²) >= 11 is 0. The van der Waals surface area contributed by atoms with Crippen molar-refractivity contribution in [1.29, 1.82) is 0 Å². The number of nitrogens with zero attached hydrogens (tertiary/aromatic N) is 2. The van der Waals surface area contributed by atoms with Crippen LogP contribution in [0.5, 0.6) is 0 Å². The van der Waals surface area contributed by atoms with E-state index in [0.717, 1.165) is 13.1 Å². The Labute approximate surface area is 98.2 Å². The van der Waals surface area contributed by atoms with Crippen LogP contribution in [0.1, 0.15) is 20.8 Å². The molecule has 0 saturated carbocycles. The first-order valence-electron chi connectivity index (χ1n) is 5.97. The number of carboxylic acid groups (broad SMARTS) is 1. The number of rotatable bonds is 4. The zero-order valence-corrected chi connectivity index (χ0v) is 11.0. The lowest BCUT2D eigenvalue weighted by Gasteiger charge is -2.28. The highest BCUT2D eigenvalue weighted by Crippen LogP contribution is 2.24. The largest absolute Gasteiger partial charge is 0.480 e. The molecule has 1 aliphatic rings. The van der Waals surface area contributed by atoms with Crippen LogP contribution in [0.3, 0.4) is 0 Å². The van der Waals surface area contributed by atoms with Crippen molar-refractivity contribution >= 4 is 5.97 Å². The van der Waals surface area contributed by atoms with Gasteiger partial charge < -0.3 is 10.0 Å². The van der Waals surface area contributed by atoms with Crippen LogP contribution < -0.4 is 0 Å². The van der Waals surface area contributed by atoms with Gasteiger partial charge in [0, 0.05) is 19.1 Å². The number of hydrogen-bond donors (Lipinski definition) is 1. The number of aliphatic carboxylic acids is 1. The fourth-order valence-electron chi connectivity index (χ4n) is 2.75. The van der Waals surface area contributed by atoms with E-state index in [2.05, 4.69) is 30.8 Å². The lowest BCUT2D eigenvalue weighted by molar-refractivity contribution is -0.144. The van der Waals surface area contributed by atoms with Crippen LogP contribution in [0.2, 0.25) is 0 Å². The molecule has 0 amide bonds. The number of likely N-dealkylation sites (tertiary alicyclic amines) is 1. The van der Waals surface area contributed by atoms with Crippen molar-refractivity contribution in [2.24, 2.45) is 11.8 Å². The smallest absolute Gasteiger partial charge is 0.321 e. The molecule has 4 heteroatoms. The summed E-state index contributed by atoms with van der Waals surface area (Å²) in [4.78, 5) is 15.6. The van der Waals surface area contributed by atoms with Crippen LogP contribution in [-0.4, -0.2) is 60.1 Å². The molecule has 0 bridgehead atoms. The quantitative estimate of drug-likeness (QED) is 0.779. The molecule has 4 nitrogen and oxygen atoms in total. The first-order chi connectivity index (χ1) is 7.34. The summed E-state index contributed by atoms with van der Waals surface area (Å²) in [7, 11) is 4.13. The number of hydrogen-bond acceptors (Lipinski definition) is 3. The first-order valence-corrected chi connectivity index (χ1v) is 5.97. The monoisotopic (exact) mass is 228 g/mol. The van der Waals surface area contributed by atoms with Crippen molar-refractivity contribution in [1.82, 2.24) is 9.80 Å². The average Bonchev–Trinajstić information content (AvgIpc) is 2.45. The molecule has 0 aromatic rings. The Morgan fingerprint density at radius 2 is 1.94 bits per heavy atom. The van der Waals surface area contributed by atoms with Gasteiger partial charge in [-0.25, -0.2) is 0 Å². The van der Waals surface area contributed by atoms with Gasteiger partial charge in [-0.3, -0.25) is 9.69 Å². The van der Waals surface area contributed by atoms with E-state index in [4.69, 9.17) is 0 Å². The molecular weight excluding hydrogens is 204 g/mol. The molecule has 1 rings (SSSR count). The highest BCUT2D eigenvalue weighted by atomic mass is 16.4. The Kier molecular flexibility index (Phi) is 4.33. The second-order valence-corrected chi connectivity index (χ2v) is 5.49. The Bertz CT molecular complexity index is 253. The summed E-state index contributed by atoms with van der Waals surface area (Å²) in [6, 6.07) is 0.132. The minimum absolute atomic E-state index is 0.158. The minimum atomic E-state index is -0.693. The van der Waals surface area contributed by atoms with Gasteiger partial charge >= 0.3 is 5.97 Å². The molecule has 1 fully saturated rings. The fraction of sp³-hybridized carbons (Fsp3) is 0.917. The van der Waals surface area contributed by atoms with Crippen LogP contribution in [0.4, 0.5) is 0 Å². The van der Waals surface area contributed by atoms with Crippen molar-refractivity contribution < 1.29 is 9.90 Å². The molecule has 3 unspecified atom stereocenters. The first kappa shape index (κ1) is 13.5. The van der Waals surface area contributed by atoms with Gasteiger partial charge in [0.05, 0.1) is 0 Å². The topological polar surface area (TPSA) is 43.8 Å². The van der Waals surface area contributed by atoms with Gasteiger partial charge in [-0.15, -0.1) is 0 Å². The molecule has 0 radical (unpaired) electrons. The molecule has 1 heterocycles. The van der Waals surface area contributed by atoms with Crippen LogP contribution in [0, 0.1) is 11.8 Å². The second-order valence-electron chi connectivity index (χ2n) is 5.49. The Hall–Kier alpha value is -0.610. The molecule has 16 heavy (non-hydrogen) atoms. The second kappa shape index (κ2) is 5.15.